The maximum atomic E-state index is 12.8. The predicted octanol–water partition coefficient (Wildman–Crippen LogP) is 4.11. The van der Waals surface area contributed by atoms with Crippen LogP contribution in [0.15, 0.2) is 18.2 Å². The van der Waals surface area contributed by atoms with E-state index in [1.807, 2.05) is 6.07 Å². The van der Waals surface area contributed by atoms with Crippen LogP contribution < -0.4 is 29.0 Å². The van der Waals surface area contributed by atoms with Crippen molar-refractivity contribution in [2.75, 3.05) is 41.8 Å². The number of rotatable bonds is 9. The number of hydrogen-bond donors (Lipinski definition) is 1. The Morgan fingerprint density at radius 2 is 1.74 bits per heavy atom. The Morgan fingerprint density at radius 3 is 2.37 bits per heavy atom. The van der Waals surface area contributed by atoms with Crippen LogP contribution in [0, 0.1) is 0 Å². The van der Waals surface area contributed by atoms with Crippen molar-refractivity contribution >= 4 is 12.1 Å². The van der Waals surface area contributed by atoms with Gasteiger partial charge in [0.15, 0.2) is 23.0 Å². The molecule has 2 aliphatic heterocycles. The topological polar surface area (TPSA) is 123 Å². The first kappa shape index (κ1) is 27.2. The second kappa shape index (κ2) is 10.9. The third-order valence-corrected chi connectivity index (χ3v) is 6.06. The number of benzene rings is 2. The Labute approximate surface area is 221 Å². The molecular weight excluding hydrogens is 498 g/mol. The lowest BCUT2D eigenvalue weighted by molar-refractivity contribution is 0.0527. The maximum absolute atomic E-state index is 12.8. The molecule has 2 aliphatic rings. The van der Waals surface area contributed by atoms with E-state index in [1.165, 1.54) is 28.4 Å². The highest BCUT2D eigenvalue weighted by Crippen LogP contribution is 2.59. The first-order chi connectivity index (χ1) is 18.1. The Hall–Kier alpha value is -3.86. The van der Waals surface area contributed by atoms with Crippen LogP contribution in [-0.4, -0.2) is 59.4 Å². The summed E-state index contributed by atoms with van der Waals surface area (Å²) in [5, 5.41) is 2.78. The highest BCUT2D eigenvalue weighted by molar-refractivity contribution is 5.95. The fourth-order valence-electron chi connectivity index (χ4n) is 4.47. The fraction of sp³-hybridized carbons (Fsp3) is 0.481. The van der Waals surface area contributed by atoms with Crippen LogP contribution in [0.3, 0.4) is 0 Å². The Morgan fingerprint density at radius 1 is 1.00 bits per heavy atom. The molecule has 0 saturated carbocycles. The number of ether oxygens (including phenoxy) is 8. The zero-order chi connectivity index (χ0) is 27.6. The van der Waals surface area contributed by atoms with Gasteiger partial charge in [-0.3, -0.25) is 0 Å². The van der Waals surface area contributed by atoms with Gasteiger partial charge in [-0.25, -0.2) is 9.59 Å². The van der Waals surface area contributed by atoms with E-state index >= 15 is 0 Å². The molecule has 2 aromatic rings. The third kappa shape index (κ3) is 5.38. The van der Waals surface area contributed by atoms with Gasteiger partial charge in [-0.05, 0) is 44.9 Å². The van der Waals surface area contributed by atoms with Gasteiger partial charge in [0.1, 0.15) is 23.4 Å². The maximum Gasteiger partial charge on any atom is 0.407 e. The van der Waals surface area contributed by atoms with Crippen molar-refractivity contribution in [3.05, 3.63) is 40.5 Å². The second-order valence-electron chi connectivity index (χ2n) is 9.63. The first-order valence-electron chi connectivity index (χ1n) is 12.1. The first-order valence-corrected chi connectivity index (χ1v) is 12.1. The lowest BCUT2D eigenvalue weighted by Gasteiger charge is -2.20. The number of fused-ring (bicyclic) bond motifs is 1. The van der Waals surface area contributed by atoms with Gasteiger partial charge in [0.25, 0.3) is 0 Å². The molecule has 0 bridgehead atoms. The Bertz CT molecular complexity index is 1220. The smallest absolute Gasteiger partial charge is 0.407 e. The average Bonchev–Trinajstić information content (AvgIpc) is 3.52. The van der Waals surface area contributed by atoms with Gasteiger partial charge in [-0.15, -0.1) is 0 Å². The number of carbonyl (C=O) groups is 2. The van der Waals surface area contributed by atoms with Crippen LogP contribution in [0.4, 0.5) is 4.79 Å². The molecule has 0 radical (unpaired) electrons. The molecule has 0 aliphatic carbocycles. The molecule has 2 aromatic carbocycles. The number of esters is 1. The monoisotopic (exact) mass is 531 g/mol. The summed E-state index contributed by atoms with van der Waals surface area (Å²) < 4.78 is 44.4. The molecule has 1 N–H and O–H groups in total. The Balaban J connectivity index is 1.68. The van der Waals surface area contributed by atoms with E-state index < -0.39 is 29.9 Å². The van der Waals surface area contributed by atoms with Crippen molar-refractivity contribution in [3.63, 3.8) is 0 Å². The lowest BCUT2D eigenvalue weighted by atomic mass is 9.93. The normalized spacial score (nSPS) is 17.4. The predicted molar refractivity (Wildman–Crippen MR) is 135 cm³/mol. The van der Waals surface area contributed by atoms with Gasteiger partial charge in [0, 0.05) is 17.7 Å². The van der Waals surface area contributed by atoms with E-state index in [-0.39, 0.29) is 18.1 Å². The summed E-state index contributed by atoms with van der Waals surface area (Å²) >= 11 is 0. The van der Waals surface area contributed by atoms with Crippen molar-refractivity contribution in [3.8, 4) is 28.7 Å². The van der Waals surface area contributed by atoms with E-state index in [4.69, 9.17) is 37.9 Å². The van der Waals surface area contributed by atoms with E-state index in [1.54, 1.807) is 32.9 Å². The molecule has 2 heterocycles. The van der Waals surface area contributed by atoms with Crippen molar-refractivity contribution in [2.45, 2.75) is 45.0 Å². The number of carbonyl (C=O) groups excluding carboxylic acids is 2. The molecule has 11 nitrogen and oxygen atoms in total. The van der Waals surface area contributed by atoms with Crippen LogP contribution in [-0.2, 0) is 20.6 Å². The van der Waals surface area contributed by atoms with Crippen molar-refractivity contribution in [1.82, 2.24) is 5.32 Å². The number of amides is 1. The van der Waals surface area contributed by atoms with Crippen molar-refractivity contribution in [2.24, 2.45) is 0 Å². The van der Waals surface area contributed by atoms with E-state index in [0.29, 0.717) is 41.5 Å². The minimum Gasteiger partial charge on any atom is -0.493 e. The highest BCUT2D eigenvalue weighted by Gasteiger charge is 2.48. The lowest BCUT2D eigenvalue weighted by Crippen LogP contribution is -2.33. The molecular formula is C27H33NO10. The summed E-state index contributed by atoms with van der Waals surface area (Å²) in [6.45, 7) is 5.76. The second-order valence-corrected chi connectivity index (χ2v) is 9.63. The van der Waals surface area contributed by atoms with Gasteiger partial charge in [-0.1, -0.05) is 6.07 Å². The molecule has 1 amide bonds. The average molecular weight is 532 g/mol. The van der Waals surface area contributed by atoms with Gasteiger partial charge >= 0.3 is 12.1 Å². The zero-order valence-electron chi connectivity index (χ0n) is 22.6. The van der Waals surface area contributed by atoms with Crippen LogP contribution in [0.2, 0.25) is 0 Å². The summed E-state index contributed by atoms with van der Waals surface area (Å²) in [5.41, 5.74) is 1.75. The summed E-state index contributed by atoms with van der Waals surface area (Å²) in [5.74, 6) is 1.55. The van der Waals surface area contributed by atoms with Crippen LogP contribution in [0.25, 0.3) is 0 Å². The molecule has 38 heavy (non-hydrogen) atoms. The molecule has 0 aromatic heterocycles. The van der Waals surface area contributed by atoms with E-state index in [2.05, 4.69) is 5.32 Å². The SMILES string of the molecule is COC(=O)c1c([C@H]2O[C@@H]2c2c(CCNC(=O)OC(C)(C)C)cc3c(c2OC)OCO3)ccc(OC)c1OC. The number of epoxide rings is 1. The van der Waals surface area contributed by atoms with Crippen molar-refractivity contribution in [1.29, 1.82) is 0 Å². The van der Waals surface area contributed by atoms with Gasteiger partial charge in [-0.2, -0.15) is 0 Å². The quantitative estimate of drug-likeness (QED) is 0.373. The molecule has 2 atom stereocenters. The molecule has 11 heteroatoms. The number of nitrogens with one attached hydrogen (secondary N) is 1. The van der Waals surface area contributed by atoms with Crippen LogP contribution >= 0.6 is 0 Å². The van der Waals surface area contributed by atoms with E-state index in [0.717, 1.165) is 11.1 Å². The largest absolute Gasteiger partial charge is 0.493 e. The van der Waals surface area contributed by atoms with Gasteiger partial charge < -0.3 is 43.2 Å². The summed E-state index contributed by atoms with van der Waals surface area (Å²) in [7, 11) is 5.78. The zero-order valence-corrected chi connectivity index (χ0v) is 22.6. The minimum atomic E-state index is -0.608. The molecule has 1 fully saturated rings. The standard InChI is InChI=1S/C27H33NO10/c1-27(2,3)38-26(30)28-11-10-14-12-17-22(36-13-35-17)23(33-6)18(14)24-20(37-24)15-8-9-16(31-4)21(32-5)19(15)25(29)34-7/h8-9,12,20,24H,10-11,13H2,1-7H3,(H,28,30)/t20-,24-/m1/s1. The molecule has 1 saturated heterocycles. The molecule has 206 valence electrons. The fourth-order valence-corrected chi connectivity index (χ4v) is 4.47. The van der Waals surface area contributed by atoms with Gasteiger partial charge in [0.05, 0.1) is 28.4 Å². The molecule has 4 rings (SSSR count). The highest BCUT2D eigenvalue weighted by atomic mass is 16.7. The third-order valence-electron chi connectivity index (χ3n) is 6.06. The molecule has 0 spiro atoms. The number of hydrogen-bond acceptors (Lipinski definition) is 10. The molecule has 0 unspecified atom stereocenters. The summed E-state index contributed by atoms with van der Waals surface area (Å²) in [6, 6.07) is 5.31. The van der Waals surface area contributed by atoms with Crippen LogP contribution in [0.5, 0.6) is 28.7 Å². The summed E-state index contributed by atoms with van der Waals surface area (Å²) in [6.07, 6.45) is -1.06. The van der Waals surface area contributed by atoms with Crippen molar-refractivity contribution < 1.29 is 47.5 Å². The van der Waals surface area contributed by atoms with E-state index in [9.17, 15) is 9.59 Å². The summed E-state index contributed by atoms with van der Waals surface area (Å²) in [4.78, 5) is 25.0. The number of alkyl carbamates (subject to hydrolysis) is 1. The Kier molecular flexibility index (Phi) is 7.77. The number of methoxy groups -OCH3 is 4. The minimum absolute atomic E-state index is 0.0574. The van der Waals surface area contributed by atoms with Gasteiger partial charge in [0.2, 0.25) is 12.5 Å². The van der Waals surface area contributed by atoms with Crippen LogP contribution in [0.1, 0.15) is 60.0 Å².